The molecule has 0 aliphatic carbocycles. The first-order chi connectivity index (χ1) is 55.7. The van der Waals surface area contributed by atoms with Gasteiger partial charge in [-0.05, 0) is 316 Å². The monoisotopic (exact) mass is 1730 g/mol. The molecule has 0 saturated heterocycles. The standard InChI is InChI=1S/C106H146N4O8S4/c1-59-41-79(75(97(9,10)11)49-67(59)71-53-83(101(21,22)23)87(119)45-63(71)5)105(40-38-36-34-33-35-37-39-91(111)109(107)92(112)57-94(114)115,80-42-60(2)68(50-76(80)98(12,13)14)72-54-84(102(24,25)26)88(120)46-64(72)6)106(96(118)110(108)93(113)58-95(116)117,81-43-61(3)69(51-77(81)99(15,16)17)73-55-85(103(27,28)29)89(121)47-65(73)7)82-44-62(4)70(52-78(82)100(18,19)20)74-56-86(104(30,31)32)90(122)48-66(74)8/h41-56,94-95,114-117,119-122H,33-40,57-58,107-108H2,1-32H3. The molecule has 0 aliphatic heterocycles. The molecule has 0 aliphatic rings. The third-order valence-corrected chi connectivity index (χ3v) is 26.6. The van der Waals surface area contributed by atoms with Crippen LogP contribution in [0.4, 0.5) is 0 Å². The lowest BCUT2D eigenvalue weighted by Gasteiger charge is -2.57. The van der Waals surface area contributed by atoms with Gasteiger partial charge in [0.25, 0.3) is 5.91 Å². The molecule has 0 heterocycles. The predicted molar refractivity (Wildman–Crippen MR) is 520 cm³/mol. The maximum Gasteiger partial charge on any atom is 0.259 e. The fourth-order valence-electron chi connectivity index (χ4n) is 18.6. The summed E-state index contributed by atoms with van der Waals surface area (Å²) >= 11 is 20.7. The molecule has 0 unspecified atom stereocenters. The number of benzene rings is 8. The number of aryl methyl sites for hydroxylation is 8. The van der Waals surface area contributed by atoms with E-state index in [1.807, 2.05) is 0 Å². The van der Waals surface area contributed by atoms with Gasteiger partial charge in [-0.25, -0.2) is 21.7 Å². The molecule has 0 radical (unpaired) electrons. The van der Waals surface area contributed by atoms with Crippen LogP contribution in [0.25, 0.3) is 44.5 Å². The van der Waals surface area contributed by atoms with E-state index in [0.717, 1.165) is 169 Å². The van der Waals surface area contributed by atoms with Gasteiger partial charge in [0.2, 0.25) is 17.7 Å². The van der Waals surface area contributed by atoms with Crippen molar-refractivity contribution in [3.8, 4) is 44.5 Å². The third kappa shape index (κ3) is 21.0. The minimum atomic E-state index is -2.23. The van der Waals surface area contributed by atoms with E-state index in [1.165, 1.54) is 0 Å². The van der Waals surface area contributed by atoms with Crippen molar-refractivity contribution in [3.05, 3.63) is 208 Å². The number of carbonyl (C=O) groups excluding carboxylic acids is 4. The number of unbranched alkanes of at least 4 members (excludes halogenated alkanes) is 5. The van der Waals surface area contributed by atoms with Gasteiger partial charge in [0.05, 0.1) is 12.8 Å². The number of thiol groups is 4. The van der Waals surface area contributed by atoms with E-state index in [-0.39, 0.29) is 34.5 Å². The van der Waals surface area contributed by atoms with Crippen LogP contribution in [-0.2, 0) is 73.3 Å². The third-order valence-electron chi connectivity index (χ3n) is 25.1. The van der Waals surface area contributed by atoms with E-state index in [1.54, 1.807) is 0 Å². The summed E-state index contributed by atoms with van der Waals surface area (Å²) in [5.74, 6) is 10.6. The van der Waals surface area contributed by atoms with Crippen molar-refractivity contribution in [2.75, 3.05) is 0 Å². The highest BCUT2D eigenvalue weighted by Crippen LogP contribution is 2.65. The number of aliphatic hydroxyl groups is 4. The highest BCUT2D eigenvalue weighted by atomic mass is 32.1. The Morgan fingerprint density at radius 3 is 0.730 bits per heavy atom. The fourth-order valence-corrected chi connectivity index (χ4v) is 21.0. The smallest absolute Gasteiger partial charge is 0.259 e. The van der Waals surface area contributed by atoms with Gasteiger partial charge < -0.3 is 20.4 Å². The minimum absolute atomic E-state index is 0.0427. The van der Waals surface area contributed by atoms with E-state index >= 15 is 9.59 Å². The summed E-state index contributed by atoms with van der Waals surface area (Å²) < 4.78 is 0. The van der Waals surface area contributed by atoms with Crippen molar-refractivity contribution >= 4 is 74.1 Å². The first-order valence-corrected chi connectivity index (χ1v) is 45.4. The molecule has 122 heavy (non-hydrogen) atoms. The van der Waals surface area contributed by atoms with E-state index in [4.69, 9.17) is 62.2 Å². The second kappa shape index (κ2) is 36.9. The number of hydrazine groups is 2. The van der Waals surface area contributed by atoms with Crippen LogP contribution in [0.1, 0.15) is 342 Å². The predicted octanol–water partition coefficient (Wildman–Crippen LogP) is 24.6. The van der Waals surface area contributed by atoms with Crippen LogP contribution in [-0.4, -0.2) is 66.7 Å². The number of aliphatic hydroxyl groups excluding tert-OH is 2. The Morgan fingerprint density at radius 1 is 0.279 bits per heavy atom. The Morgan fingerprint density at radius 2 is 0.484 bits per heavy atom. The number of amides is 4. The number of nitrogens with two attached hydrogens (primary N) is 2. The van der Waals surface area contributed by atoms with Crippen LogP contribution in [0, 0.1) is 55.4 Å². The molecule has 8 N–H and O–H groups in total. The summed E-state index contributed by atoms with van der Waals surface area (Å²) in [7, 11) is 0. The molecular weight excluding hydrogens is 1590 g/mol. The molecular formula is C106H146N4O8S4. The van der Waals surface area contributed by atoms with Crippen LogP contribution in [0.5, 0.6) is 0 Å². The molecule has 0 bridgehead atoms. The zero-order valence-corrected chi connectivity index (χ0v) is 83.3. The lowest BCUT2D eigenvalue weighted by atomic mass is 9.45. The molecule has 0 aromatic heterocycles. The van der Waals surface area contributed by atoms with Crippen molar-refractivity contribution in [2.24, 2.45) is 11.7 Å². The lowest BCUT2D eigenvalue weighted by Crippen LogP contribution is -2.65. The summed E-state index contributed by atoms with van der Waals surface area (Å²) in [6.07, 6.45) is -2.25. The molecule has 662 valence electrons. The summed E-state index contributed by atoms with van der Waals surface area (Å²) in [5.41, 5.74) is 17.9. The van der Waals surface area contributed by atoms with Crippen molar-refractivity contribution in [1.29, 1.82) is 0 Å². The number of nitrogens with zero attached hydrogens (tertiary/aromatic N) is 2. The van der Waals surface area contributed by atoms with E-state index < -0.39 is 81.5 Å². The highest BCUT2D eigenvalue weighted by Gasteiger charge is 2.66. The molecule has 0 saturated carbocycles. The Bertz CT molecular complexity index is 5040. The highest BCUT2D eigenvalue weighted by molar-refractivity contribution is 7.80. The molecule has 8 rings (SSSR count). The first kappa shape index (κ1) is 101. The van der Waals surface area contributed by atoms with Gasteiger partial charge >= 0.3 is 0 Å². The van der Waals surface area contributed by atoms with Gasteiger partial charge in [0, 0.05) is 31.4 Å². The molecule has 0 fully saturated rings. The normalized spacial score (nSPS) is 13.1. The molecule has 12 nitrogen and oxygen atoms in total. The quantitative estimate of drug-likeness (QED) is 0.00732. The van der Waals surface area contributed by atoms with Gasteiger partial charge in [-0.1, -0.05) is 247 Å². The van der Waals surface area contributed by atoms with Crippen LogP contribution < -0.4 is 11.7 Å². The zero-order chi connectivity index (χ0) is 92.5. The maximum atomic E-state index is 19.8. The number of hydrogen-bond donors (Lipinski definition) is 10. The van der Waals surface area contributed by atoms with Gasteiger partial charge in [-0.2, -0.15) is 0 Å². The number of rotatable bonds is 23. The largest absolute Gasteiger partial charge is 0.368 e. The van der Waals surface area contributed by atoms with Crippen LogP contribution in [0.2, 0.25) is 0 Å². The Balaban J connectivity index is 1.85. The van der Waals surface area contributed by atoms with Gasteiger partial charge in [-0.3, -0.25) is 19.2 Å². The van der Waals surface area contributed by atoms with Gasteiger partial charge in [0.1, 0.15) is 5.41 Å². The van der Waals surface area contributed by atoms with Crippen LogP contribution in [0.3, 0.4) is 0 Å². The van der Waals surface area contributed by atoms with Crippen molar-refractivity contribution in [2.45, 2.75) is 372 Å². The maximum absolute atomic E-state index is 19.8. The number of imide groups is 2. The van der Waals surface area contributed by atoms with E-state index in [2.05, 4.69) is 319 Å². The topological polar surface area (TPSA) is 208 Å². The van der Waals surface area contributed by atoms with Crippen LogP contribution >= 0.6 is 50.5 Å². The average Bonchev–Trinajstić information content (AvgIpc) is 0.664. The van der Waals surface area contributed by atoms with Gasteiger partial charge in [-0.15, -0.1) is 50.5 Å². The Kier molecular flexibility index (Phi) is 30.4. The summed E-state index contributed by atoms with van der Waals surface area (Å²) in [5, 5.41) is 43.1. The molecule has 16 heteroatoms. The Hall–Kier alpha value is -6.80. The van der Waals surface area contributed by atoms with Gasteiger partial charge in [0.15, 0.2) is 12.6 Å². The average molecular weight is 1730 g/mol. The zero-order valence-electron chi connectivity index (χ0n) is 79.7. The molecule has 0 atom stereocenters. The van der Waals surface area contributed by atoms with E-state index in [9.17, 15) is 30.0 Å². The lowest BCUT2D eigenvalue weighted by molar-refractivity contribution is -0.154. The summed E-state index contributed by atoms with van der Waals surface area (Å²) in [6.45, 7) is 70.6. The Labute approximate surface area is 755 Å². The number of carbonyl (C=O) groups is 4. The first-order valence-electron chi connectivity index (χ1n) is 43.6. The summed E-state index contributed by atoms with van der Waals surface area (Å²) in [4.78, 5) is 65.8. The molecule has 8 aromatic rings. The van der Waals surface area contributed by atoms with Crippen molar-refractivity contribution in [3.63, 3.8) is 0 Å². The molecule has 4 amide bonds. The second-order valence-corrected chi connectivity index (χ2v) is 45.4. The molecule has 0 spiro atoms. The number of hydrogen-bond acceptors (Lipinski definition) is 14. The van der Waals surface area contributed by atoms with Crippen molar-refractivity contribution in [1.82, 2.24) is 10.0 Å². The van der Waals surface area contributed by atoms with Crippen molar-refractivity contribution < 1.29 is 39.6 Å². The summed E-state index contributed by atoms with van der Waals surface area (Å²) in [6, 6.07) is 36.6. The fraction of sp³-hybridized carbons (Fsp3) is 0.509. The minimum Gasteiger partial charge on any atom is -0.368 e. The second-order valence-electron chi connectivity index (χ2n) is 43.5. The van der Waals surface area contributed by atoms with E-state index in [0.29, 0.717) is 54.7 Å². The molecule has 8 aromatic carbocycles. The SMILES string of the molecule is Cc1cc(S)c(C(C)(C)C)cc1-c1cc(C(C)(C)C)c(C(CCCCCCCCC(=O)N(N)C(=O)CC(O)O)(c2cc(C)c(-c3cc(C(C)(C)C)c(S)cc3C)cc2C(C)(C)C)C(C(=O)N(N)C(=O)CC(O)O)(c2cc(C)c(-c3cc(C(C)(C)C)c(S)cc3C)cc2C(C)(C)C)c2cc(C)c(-c3cc(C(C)(C)C)c(S)cc3C)cc2C(C)(C)C)cc1C. The van der Waals surface area contributed by atoms with Crippen LogP contribution in [0.15, 0.2) is 117 Å².